The number of hydrogen-bond acceptors (Lipinski definition) is 1. The van der Waals surface area contributed by atoms with Gasteiger partial charge >= 0.3 is 0 Å². The summed E-state index contributed by atoms with van der Waals surface area (Å²) in [6, 6.07) is 85.1. The standard InChI is InChI=1S/C59H40N4Si/c1-4-17-43(18-5-1)64(44-19-6-2-7-20-44,45-21-8-3-9-22-45)46-34-31-41(32-35-46)61-52-26-13-10-23-47(52)50-39-42(33-36-55(50)61)62-54-28-15-12-25-49(54)59-57(62)29-16-30-58(59)63-53-27-14-11-24-48(53)51-40-60-38-37-56(51)63/h1-40H. The minimum Gasteiger partial charge on any atom is -0.309 e. The van der Waals surface area contributed by atoms with Gasteiger partial charge in [0.2, 0.25) is 0 Å². The lowest BCUT2D eigenvalue weighted by molar-refractivity contribution is 1.16. The number of aromatic nitrogens is 4. The van der Waals surface area contributed by atoms with Crippen molar-refractivity contribution in [3.8, 4) is 17.1 Å². The van der Waals surface area contributed by atoms with Crippen LogP contribution in [0.4, 0.5) is 0 Å². The van der Waals surface area contributed by atoms with Gasteiger partial charge < -0.3 is 13.7 Å². The highest BCUT2D eigenvalue weighted by molar-refractivity contribution is 7.19. The summed E-state index contributed by atoms with van der Waals surface area (Å²) in [6.45, 7) is 0. The Morgan fingerprint density at radius 1 is 0.297 bits per heavy atom. The fraction of sp³-hybridized carbons (Fsp3) is 0. The zero-order valence-electron chi connectivity index (χ0n) is 34.9. The van der Waals surface area contributed by atoms with Crippen molar-refractivity contribution in [2.75, 3.05) is 0 Å². The molecule has 0 unspecified atom stereocenters. The van der Waals surface area contributed by atoms with Crippen LogP contribution in [0.15, 0.2) is 243 Å². The van der Waals surface area contributed by atoms with Gasteiger partial charge in [-0.15, -0.1) is 0 Å². The first-order chi connectivity index (χ1) is 31.8. The molecule has 0 radical (unpaired) electrons. The fourth-order valence-electron chi connectivity index (χ4n) is 10.8. The smallest absolute Gasteiger partial charge is 0.179 e. The maximum absolute atomic E-state index is 4.52. The summed E-state index contributed by atoms with van der Waals surface area (Å²) in [5.74, 6) is 0. The normalized spacial score (nSPS) is 12.1. The number of nitrogens with zero attached hydrogens (tertiary/aromatic N) is 4. The van der Waals surface area contributed by atoms with Crippen LogP contribution in [-0.2, 0) is 0 Å². The number of rotatable bonds is 7. The van der Waals surface area contributed by atoms with E-state index in [1.165, 1.54) is 75.3 Å². The third-order valence-corrected chi connectivity index (χ3v) is 18.3. The molecule has 4 aromatic heterocycles. The Bertz CT molecular complexity index is 3730. The molecule has 0 atom stereocenters. The van der Waals surface area contributed by atoms with Gasteiger partial charge in [0.05, 0.1) is 38.8 Å². The van der Waals surface area contributed by atoms with Crippen molar-refractivity contribution in [1.29, 1.82) is 0 Å². The van der Waals surface area contributed by atoms with Crippen molar-refractivity contribution in [2.24, 2.45) is 0 Å². The zero-order valence-corrected chi connectivity index (χ0v) is 35.9. The molecular formula is C59H40N4Si. The summed E-state index contributed by atoms with van der Waals surface area (Å²) >= 11 is 0. The first-order valence-electron chi connectivity index (χ1n) is 22.0. The summed E-state index contributed by atoms with van der Waals surface area (Å²) in [5.41, 5.74) is 10.5. The largest absolute Gasteiger partial charge is 0.309 e. The van der Waals surface area contributed by atoms with E-state index in [0.29, 0.717) is 0 Å². The van der Waals surface area contributed by atoms with E-state index in [9.17, 15) is 0 Å². The second kappa shape index (κ2) is 14.4. The molecule has 0 aliphatic carbocycles. The van der Waals surface area contributed by atoms with Crippen molar-refractivity contribution in [3.05, 3.63) is 243 Å². The summed E-state index contributed by atoms with van der Waals surface area (Å²) in [6.07, 6.45) is 3.89. The van der Waals surface area contributed by atoms with Crippen molar-refractivity contribution in [3.63, 3.8) is 0 Å². The van der Waals surface area contributed by atoms with Crippen LogP contribution < -0.4 is 20.7 Å². The maximum Gasteiger partial charge on any atom is 0.179 e. The molecule has 0 amide bonds. The molecule has 4 nitrogen and oxygen atoms in total. The number of para-hydroxylation sites is 3. The highest BCUT2D eigenvalue weighted by atomic mass is 28.3. The molecule has 9 aromatic carbocycles. The van der Waals surface area contributed by atoms with Crippen LogP contribution in [0.3, 0.4) is 0 Å². The van der Waals surface area contributed by atoms with Crippen molar-refractivity contribution < 1.29 is 0 Å². The van der Waals surface area contributed by atoms with Gasteiger partial charge in [-0.2, -0.15) is 0 Å². The molecule has 0 saturated carbocycles. The van der Waals surface area contributed by atoms with E-state index in [-0.39, 0.29) is 0 Å². The van der Waals surface area contributed by atoms with Gasteiger partial charge in [-0.05, 0) is 87.5 Å². The Morgan fingerprint density at radius 2 is 0.750 bits per heavy atom. The minimum absolute atomic E-state index is 1.13. The molecule has 64 heavy (non-hydrogen) atoms. The average Bonchev–Trinajstić information content (AvgIpc) is 4.01. The molecule has 0 saturated heterocycles. The van der Waals surface area contributed by atoms with Crippen LogP contribution in [0.5, 0.6) is 0 Å². The summed E-state index contributed by atoms with van der Waals surface area (Å²) in [5, 5.41) is 12.7. The van der Waals surface area contributed by atoms with Gasteiger partial charge in [0.25, 0.3) is 0 Å². The first kappa shape index (κ1) is 36.4. The average molecular weight is 833 g/mol. The highest BCUT2D eigenvalue weighted by Crippen LogP contribution is 2.41. The van der Waals surface area contributed by atoms with Crippen molar-refractivity contribution >= 4 is 94.2 Å². The van der Waals surface area contributed by atoms with E-state index < -0.39 is 8.07 Å². The molecule has 300 valence electrons. The third kappa shape index (κ3) is 5.25. The summed E-state index contributed by atoms with van der Waals surface area (Å²) in [7, 11) is -2.66. The molecule has 0 aliphatic rings. The van der Waals surface area contributed by atoms with Crippen LogP contribution in [0.1, 0.15) is 0 Å². The van der Waals surface area contributed by atoms with E-state index in [1.807, 2.05) is 12.4 Å². The summed E-state index contributed by atoms with van der Waals surface area (Å²) < 4.78 is 7.31. The Hall–Kier alpha value is -8.25. The summed E-state index contributed by atoms with van der Waals surface area (Å²) in [4.78, 5) is 4.52. The molecule has 13 aromatic rings. The van der Waals surface area contributed by atoms with E-state index in [1.54, 1.807) is 0 Å². The van der Waals surface area contributed by atoms with Crippen molar-refractivity contribution in [1.82, 2.24) is 18.7 Å². The maximum atomic E-state index is 4.52. The molecular weight excluding hydrogens is 793 g/mol. The van der Waals surface area contributed by atoms with Crippen molar-refractivity contribution in [2.45, 2.75) is 0 Å². The predicted molar refractivity (Wildman–Crippen MR) is 271 cm³/mol. The molecule has 0 bridgehead atoms. The predicted octanol–water partition coefficient (Wildman–Crippen LogP) is 11.8. The molecule has 13 rings (SSSR count). The number of pyridine rings is 1. The van der Waals surface area contributed by atoms with E-state index in [0.717, 1.165) is 28.0 Å². The Labute approximate surface area is 371 Å². The van der Waals surface area contributed by atoms with Gasteiger partial charge in [-0.1, -0.05) is 164 Å². The fourth-order valence-corrected chi connectivity index (χ4v) is 15.6. The third-order valence-electron chi connectivity index (χ3n) is 13.5. The lowest BCUT2D eigenvalue weighted by Gasteiger charge is -2.34. The van der Waals surface area contributed by atoms with E-state index >= 15 is 0 Å². The van der Waals surface area contributed by atoms with E-state index in [4.69, 9.17) is 0 Å². The molecule has 0 N–H and O–H groups in total. The molecule has 0 fully saturated rings. The van der Waals surface area contributed by atoms with Gasteiger partial charge in [0, 0.05) is 56.1 Å². The quantitative estimate of drug-likeness (QED) is 0.116. The Morgan fingerprint density at radius 3 is 1.39 bits per heavy atom. The Balaban J connectivity index is 1.00. The number of fused-ring (bicyclic) bond motifs is 9. The second-order valence-corrected chi connectivity index (χ2v) is 20.5. The molecule has 4 heterocycles. The zero-order chi connectivity index (χ0) is 42.2. The van der Waals surface area contributed by atoms with Crippen LogP contribution >= 0.6 is 0 Å². The topological polar surface area (TPSA) is 27.7 Å². The second-order valence-electron chi connectivity index (χ2n) is 16.7. The monoisotopic (exact) mass is 832 g/mol. The van der Waals surface area contributed by atoms with Crippen LogP contribution in [0, 0.1) is 0 Å². The SMILES string of the molecule is c1ccc([Si](c2ccccc2)(c2ccccc2)c2ccc(-n3c4ccccc4c4cc(-n5c6ccccc6c6c(-n7c8ccccc8c8cnccc87)cccc65)ccc43)cc2)cc1. The first-order valence-corrected chi connectivity index (χ1v) is 24.0. The number of hydrogen-bond donors (Lipinski definition) is 0. The Kier molecular flexibility index (Phi) is 8.20. The lowest BCUT2D eigenvalue weighted by Crippen LogP contribution is -2.74. The van der Waals surface area contributed by atoms with Gasteiger partial charge in [-0.3, -0.25) is 4.98 Å². The van der Waals surface area contributed by atoms with E-state index in [2.05, 4.69) is 249 Å². The molecule has 5 heteroatoms. The van der Waals surface area contributed by atoms with Crippen LogP contribution in [0.25, 0.3) is 82.5 Å². The van der Waals surface area contributed by atoms with Crippen LogP contribution in [0.2, 0.25) is 0 Å². The lowest BCUT2D eigenvalue weighted by atomic mass is 10.1. The number of benzene rings is 9. The highest BCUT2D eigenvalue weighted by Gasteiger charge is 2.41. The molecule has 0 spiro atoms. The minimum atomic E-state index is -2.66. The van der Waals surface area contributed by atoms with Crippen LogP contribution in [-0.4, -0.2) is 26.8 Å². The van der Waals surface area contributed by atoms with Gasteiger partial charge in [0.1, 0.15) is 0 Å². The van der Waals surface area contributed by atoms with Gasteiger partial charge in [-0.25, -0.2) is 0 Å². The molecule has 0 aliphatic heterocycles. The van der Waals surface area contributed by atoms with Gasteiger partial charge in [0.15, 0.2) is 8.07 Å².